The van der Waals surface area contributed by atoms with Crippen LogP contribution in [-0.2, 0) is 18.4 Å². The third-order valence-corrected chi connectivity index (χ3v) is 5.13. The van der Waals surface area contributed by atoms with Crippen molar-refractivity contribution < 1.29 is 9.52 Å². The SMILES string of the molecule is CCNC(=NCC(C)(O)c1cc(C)oc1C)NCCc1csc(CC)n1. The smallest absolute Gasteiger partial charge is 0.191 e. The van der Waals surface area contributed by atoms with Gasteiger partial charge in [0.1, 0.15) is 17.1 Å². The summed E-state index contributed by atoms with van der Waals surface area (Å²) in [7, 11) is 0. The van der Waals surface area contributed by atoms with Gasteiger partial charge in [0.05, 0.1) is 17.2 Å². The zero-order valence-corrected chi connectivity index (χ0v) is 17.2. The zero-order valence-electron chi connectivity index (χ0n) is 16.3. The Kier molecular flexibility index (Phi) is 7.23. The molecular weight excluding hydrogens is 348 g/mol. The maximum Gasteiger partial charge on any atom is 0.191 e. The van der Waals surface area contributed by atoms with Gasteiger partial charge in [0, 0.05) is 30.5 Å². The van der Waals surface area contributed by atoms with E-state index < -0.39 is 5.60 Å². The van der Waals surface area contributed by atoms with Crippen LogP contribution in [0.3, 0.4) is 0 Å². The second-order valence-corrected chi connectivity index (χ2v) is 7.50. The predicted octanol–water partition coefficient (Wildman–Crippen LogP) is 2.92. The first-order chi connectivity index (χ1) is 12.4. The third-order valence-electron chi connectivity index (χ3n) is 4.09. The average Bonchev–Trinajstić information content (AvgIpc) is 3.19. The molecule has 2 aromatic heterocycles. The highest BCUT2D eigenvalue weighted by molar-refractivity contribution is 7.09. The summed E-state index contributed by atoms with van der Waals surface area (Å²) in [6.45, 7) is 11.4. The zero-order chi connectivity index (χ0) is 19.2. The Morgan fingerprint density at radius 2 is 2.12 bits per heavy atom. The molecule has 144 valence electrons. The maximum absolute atomic E-state index is 10.8. The molecule has 0 amide bonds. The molecule has 0 aliphatic rings. The van der Waals surface area contributed by atoms with Gasteiger partial charge in [0.25, 0.3) is 0 Å². The number of rotatable bonds is 8. The van der Waals surface area contributed by atoms with Gasteiger partial charge in [-0.2, -0.15) is 0 Å². The minimum atomic E-state index is -1.07. The lowest BCUT2D eigenvalue weighted by Gasteiger charge is -2.21. The van der Waals surface area contributed by atoms with Crippen molar-refractivity contribution in [1.82, 2.24) is 15.6 Å². The van der Waals surface area contributed by atoms with Crippen molar-refractivity contribution in [2.45, 2.75) is 53.1 Å². The van der Waals surface area contributed by atoms with Crippen molar-refractivity contribution in [2.75, 3.05) is 19.6 Å². The molecular formula is C19H30N4O2S. The first-order valence-corrected chi connectivity index (χ1v) is 9.99. The van der Waals surface area contributed by atoms with Gasteiger partial charge < -0.3 is 20.2 Å². The van der Waals surface area contributed by atoms with E-state index in [1.807, 2.05) is 26.8 Å². The van der Waals surface area contributed by atoms with E-state index in [9.17, 15) is 5.11 Å². The van der Waals surface area contributed by atoms with E-state index in [1.54, 1.807) is 18.3 Å². The van der Waals surface area contributed by atoms with Crippen molar-refractivity contribution in [3.63, 3.8) is 0 Å². The summed E-state index contributed by atoms with van der Waals surface area (Å²) in [6.07, 6.45) is 1.82. The van der Waals surface area contributed by atoms with E-state index >= 15 is 0 Å². The number of nitrogens with one attached hydrogen (secondary N) is 2. The van der Waals surface area contributed by atoms with Crippen LogP contribution in [0.15, 0.2) is 20.9 Å². The van der Waals surface area contributed by atoms with Gasteiger partial charge in [-0.1, -0.05) is 6.92 Å². The van der Waals surface area contributed by atoms with Crippen LogP contribution in [0.4, 0.5) is 0 Å². The first-order valence-electron chi connectivity index (χ1n) is 9.11. The molecule has 7 heteroatoms. The average molecular weight is 379 g/mol. The molecule has 0 aliphatic heterocycles. The summed E-state index contributed by atoms with van der Waals surface area (Å²) in [4.78, 5) is 9.13. The van der Waals surface area contributed by atoms with E-state index in [1.165, 1.54) is 5.01 Å². The molecule has 2 heterocycles. The Balaban J connectivity index is 1.95. The van der Waals surface area contributed by atoms with Crippen LogP contribution in [0.1, 0.15) is 48.6 Å². The minimum absolute atomic E-state index is 0.249. The number of nitrogens with zero attached hydrogens (tertiary/aromatic N) is 2. The van der Waals surface area contributed by atoms with Gasteiger partial charge in [-0.15, -0.1) is 11.3 Å². The topological polar surface area (TPSA) is 82.7 Å². The minimum Gasteiger partial charge on any atom is -0.466 e. The summed E-state index contributed by atoms with van der Waals surface area (Å²) < 4.78 is 5.53. The molecule has 2 rings (SSSR count). The molecule has 0 radical (unpaired) electrons. The molecule has 0 fully saturated rings. The van der Waals surface area contributed by atoms with Crippen LogP contribution in [0.5, 0.6) is 0 Å². The van der Waals surface area contributed by atoms with Crippen molar-refractivity contribution in [2.24, 2.45) is 4.99 Å². The summed E-state index contributed by atoms with van der Waals surface area (Å²) in [6, 6.07) is 1.87. The fourth-order valence-electron chi connectivity index (χ4n) is 2.76. The van der Waals surface area contributed by atoms with E-state index in [-0.39, 0.29) is 6.54 Å². The lowest BCUT2D eigenvalue weighted by atomic mass is 9.96. The van der Waals surface area contributed by atoms with Gasteiger partial charge in [-0.3, -0.25) is 0 Å². The molecule has 0 aromatic carbocycles. The number of thiazole rings is 1. The van der Waals surface area contributed by atoms with Gasteiger partial charge in [-0.25, -0.2) is 9.98 Å². The predicted molar refractivity (Wildman–Crippen MR) is 107 cm³/mol. The molecule has 1 unspecified atom stereocenters. The number of furan rings is 1. The van der Waals surface area contributed by atoms with Crippen LogP contribution in [0.2, 0.25) is 0 Å². The lowest BCUT2D eigenvalue weighted by Crippen LogP contribution is -2.39. The van der Waals surface area contributed by atoms with E-state index in [4.69, 9.17) is 4.42 Å². The Morgan fingerprint density at radius 3 is 2.69 bits per heavy atom. The largest absolute Gasteiger partial charge is 0.466 e. The van der Waals surface area contributed by atoms with Gasteiger partial charge in [0.2, 0.25) is 0 Å². The van der Waals surface area contributed by atoms with Crippen LogP contribution in [-0.4, -0.2) is 35.7 Å². The second kappa shape index (κ2) is 9.19. The van der Waals surface area contributed by atoms with Crippen LogP contribution < -0.4 is 10.6 Å². The van der Waals surface area contributed by atoms with E-state index in [2.05, 4.69) is 32.9 Å². The first kappa shape index (κ1) is 20.5. The van der Waals surface area contributed by atoms with Gasteiger partial charge >= 0.3 is 0 Å². The Morgan fingerprint density at radius 1 is 1.35 bits per heavy atom. The monoisotopic (exact) mass is 378 g/mol. The van der Waals surface area contributed by atoms with Gasteiger partial charge in [0.15, 0.2) is 5.96 Å². The Bertz CT molecular complexity index is 734. The highest BCUT2D eigenvalue weighted by Gasteiger charge is 2.27. The molecule has 0 bridgehead atoms. The Labute approximate surface area is 159 Å². The molecule has 26 heavy (non-hydrogen) atoms. The van der Waals surface area contributed by atoms with Crippen LogP contribution in [0, 0.1) is 13.8 Å². The molecule has 0 saturated carbocycles. The highest BCUT2D eigenvalue weighted by atomic mass is 32.1. The molecule has 1 atom stereocenters. The highest BCUT2D eigenvalue weighted by Crippen LogP contribution is 2.27. The maximum atomic E-state index is 10.8. The van der Waals surface area contributed by atoms with Crippen LogP contribution in [0.25, 0.3) is 0 Å². The number of aliphatic hydroxyl groups is 1. The number of aryl methyl sites for hydroxylation is 3. The Hall–Kier alpha value is -1.86. The third kappa shape index (κ3) is 5.57. The second-order valence-electron chi connectivity index (χ2n) is 6.56. The fourth-order valence-corrected chi connectivity index (χ4v) is 3.54. The molecule has 3 N–H and O–H groups in total. The molecule has 0 saturated heterocycles. The standard InChI is InChI=1S/C19H30N4O2S/c1-6-17-23-15(11-26-17)8-9-21-18(20-7-2)22-12-19(5,24)16-10-13(3)25-14(16)4/h10-11,24H,6-9,12H2,1-5H3,(H2,20,21,22). The number of aromatic nitrogens is 1. The van der Waals surface area contributed by atoms with E-state index in [0.29, 0.717) is 5.96 Å². The normalized spacial score (nSPS) is 14.3. The van der Waals surface area contributed by atoms with Crippen molar-refractivity contribution in [1.29, 1.82) is 0 Å². The number of aliphatic imine (C=N–C) groups is 1. The summed E-state index contributed by atoms with van der Waals surface area (Å²) in [5, 5.41) is 20.6. The van der Waals surface area contributed by atoms with Crippen LogP contribution >= 0.6 is 11.3 Å². The number of guanidine groups is 1. The van der Waals surface area contributed by atoms with Gasteiger partial charge in [-0.05, 0) is 40.2 Å². The molecule has 2 aromatic rings. The summed E-state index contributed by atoms with van der Waals surface area (Å²) in [5.41, 5.74) is 0.811. The number of hydrogen-bond acceptors (Lipinski definition) is 5. The number of hydrogen-bond donors (Lipinski definition) is 3. The molecule has 0 spiro atoms. The van der Waals surface area contributed by atoms with E-state index in [0.717, 1.165) is 48.7 Å². The lowest BCUT2D eigenvalue weighted by molar-refractivity contribution is 0.0657. The van der Waals surface area contributed by atoms with Crippen molar-refractivity contribution in [3.05, 3.63) is 39.2 Å². The van der Waals surface area contributed by atoms with Crippen molar-refractivity contribution in [3.8, 4) is 0 Å². The summed E-state index contributed by atoms with van der Waals surface area (Å²) >= 11 is 1.71. The molecule has 0 aliphatic carbocycles. The summed E-state index contributed by atoms with van der Waals surface area (Å²) in [5.74, 6) is 2.22. The fraction of sp³-hybridized carbons (Fsp3) is 0.579. The molecule has 6 nitrogen and oxygen atoms in total. The van der Waals surface area contributed by atoms with Crippen molar-refractivity contribution >= 4 is 17.3 Å². The quantitative estimate of drug-likeness (QED) is 0.486.